The molecule has 0 unspecified atom stereocenters. The number of fused-ring (bicyclic) bond motifs is 1. The van der Waals surface area contributed by atoms with E-state index in [4.69, 9.17) is 0 Å². The minimum absolute atomic E-state index is 0.0878. The summed E-state index contributed by atoms with van der Waals surface area (Å²) in [4.78, 5) is 19.3. The van der Waals surface area contributed by atoms with Crippen LogP contribution in [0.25, 0.3) is 11.0 Å². The van der Waals surface area contributed by atoms with Crippen molar-refractivity contribution in [2.24, 2.45) is 0 Å². The molecule has 3 rings (SSSR count). The van der Waals surface area contributed by atoms with Crippen LogP contribution in [-0.2, 0) is 0 Å². The zero-order chi connectivity index (χ0) is 14.3. The van der Waals surface area contributed by atoms with Gasteiger partial charge in [-0.25, -0.2) is 13.8 Å². The topological polar surface area (TPSA) is 45.8 Å². The number of benzene rings is 1. The normalized spacial score (nSPS) is 10.9. The van der Waals surface area contributed by atoms with Crippen LogP contribution in [0.2, 0.25) is 0 Å². The number of halogens is 3. The summed E-state index contributed by atoms with van der Waals surface area (Å²) >= 11 is 3.28. The number of hydrogen-bond acceptors (Lipinski definition) is 2. The SMILES string of the molecule is O=C(c1ccc(F)c(F)c1)c1c[nH]c2ncc(Br)cc12. The third-order valence-corrected chi connectivity index (χ3v) is 3.36. The monoisotopic (exact) mass is 336 g/mol. The van der Waals surface area contributed by atoms with Crippen LogP contribution in [0.4, 0.5) is 8.78 Å². The van der Waals surface area contributed by atoms with Gasteiger partial charge >= 0.3 is 0 Å². The Hall–Kier alpha value is -2.08. The van der Waals surface area contributed by atoms with Crippen molar-refractivity contribution in [3.8, 4) is 0 Å². The maximum Gasteiger partial charge on any atom is 0.195 e. The van der Waals surface area contributed by atoms with Gasteiger partial charge < -0.3 is 4.98 Å². The molecular formula is C14H7BrF2N2O. The molecule has 0 aliphatic rings. The van der Waals surface area contributed by atoms with Crippen molar-refractivity contribution < 1.29 is 13.6 Å². The second kappa shape index (κ2) is 4.79. The first-order valence-electron chi connectivity index (χ1n) is 5.68. The lowest BCUT2D eigenvalue weighted by molar-refractivity contribution is 0.104. The summed E-state index contributed by atoms with van der Waals surface area (Å²) in [7, 11) is 0. The van der Waals surface area contributed by atoms with Gasteiger partial charge in [0.1, 0.15) is 5.65 Å². The quantitative estimate of drug-likeness (QED) is 0.723. The molecule has 3 nitrogen and oxygen atoms in total. The molecule has 6 heteroatoms. The number of nitrogens with zero attached hydrogens (tertiary/aromatic N) is 1. The van der Waals surface area contributed by atoms with Gasteiger partial charge in [-0.2, -0.15) is 0 Å². The predicted molar refractivity (Wildman–Crippen MR) is 73.6 cm³/mol. The van der Waals surface area contributed by atoms with E-state index in [1.165, 1.54) is 12.3 Å². The van der Waals surface area contributed by atoms with E-state index in [1.807, 2.05) is 0 Å². The average Bonchev–Trinajstić information content (AvgIpc) is 2.84. The Morgan fingerprint density at radius 2 is 2.00 bits per heavy atom. The Morgan fingerprint density at radius 3 is 2.75 bits per heavy atom. The number of rotatable bonds is 2. The number of nitrogens with one attached hydrogen (secondary N) is 1. The summed E-state index contributed by atoms with van der Waals surface area (Å²) in [5.41, 5.74) is 1.00. The molecule has 0 aliphatic carbocycles. The highest BCUT2D eigenvalue weighted by molar-refractivity contribution is 9.10. The molecule has 1 aromatic carbocycles. The van der Waals surface area contributed by atoms with Gasteiger partial charge in [-0.05, 0) is 40.2 Å². The highest BCUT2D eigenvalue weighted by Crippen LogP contribution is 2.23. The molecule has 0 spiro atoms. The van der Waals surface area contributed by atoms with Crippen LogP contribution in [0.15, 0.2) is 41.1 Å². The molecule has 0 radical (unpaired) electrons. The molecule has 1 N–H and O–H groups in total. The molecule has 100 valence electrons. The number of aromatic nitrogens is 2. The van der Waals surface area contributed by atoms with Crippen LogP contribution in [-0.4, -0.2) is 15.8 Å². The number of aromatic amines is 1. The van der Waals surface area contributed by atoms with Gasteiger partial charge in [0, 0.05) is 33.4 Å². The molecule has 2 aromatic heterocycles. The number of pyridine rings is 1. The minimum atomic E-state index is -1.05. The molecule has 0 saturated carbocycles. The standard InChI is InChI=1S/C14H7BrF2N2O/c15-8-4-9-10(6-19-14(9)18-5-8)13(20)7-1-2-11(16)12(17)3-7/h1-6H,(H,18,19). The van der Waals surface area contributed by atoms with E-state index in [0.717, 1.165) is 16.6 Å². The lowest BCUT2D eigenvalue weighted by atomic mass is 10.0. The van der Waals surface area contributed by atoms with Crippen molar-refractivity contribution in [2.75, 3.05) is 0 Å². The molecule has 0 atom stereocenters. The van der Waals surface area contributed by atoms with Crippen LogP contribution >= 0.6 is 15.9 Å². The van der Waals surface area contributed by atoms with Gasteiger partial charge in [-0.1, -0.05) is 0 Å². The Bertz CT molecular complexity index is 829. The van der Waals surface area contributed by atoms with Gasteiger partial charge in [0.15, 0.2) is 17.4 Å². The summed E-state index contributed by atoms with van der Waals surface area (Å²) in [5, 5.41) is 0.620. The molecule has 0 fully saturated rings. The van der Waals surface area contributed by atoms with Crippen molar-refractivity contribution in [3.63, 3.8) is 0 Å². The fraction of sp³-hybridized carbons (Fsp3) is 0. The number of carbonyl (C=O) groups is 1. The molecule has 3 aromatic rings. The van der Waals surface area contributed by atoms with Crippen LogP contribution in [0.3, 0.4) is 0 Å². The summed E-state index contributed by atoms with van der Waals surface area (Å²) < 4.78 is 26.8. The third-order valence-electron chi connectivity index (χ3n) is 2.92. The summed E-state index contributed by atoms with van der Waals surface area (Å²) in [6.07, 6.45) is 3.11. The molecule has 2 heterocycles. The number of hydrogen-bond donors (Lipinski definition) is 1. The van der Waals surface area contributed by atoms with E-state index in [-0.39, 0.29) is 5.56 Å². The molecule has 0 bridgehead atoms. The maximum absolute atomic E-state index is 13.2. The van der Waals surface area contributed by atoms with Crippen LogP contribution in [0.1, 0.15) is 15.9 Å². The van der Waals surface area contributed by atoms with Crippen LogP contribution < -0.4 is 0 Å². The zero-order valence-electron chi connectivity index (χ0n) is 9.95. The Morgan fingerprint density at radius 1 is 1.20 bits per heavy atom. The minimum Gasteiger partial charge on any atom is -0.345 e. The van der Waals surface area contributed by atoms with Gasteiger partial charge in [-0.3, -0.25) is 4.79 Å². The molecule has 0 amide bonds. The average molecular weight is 337 g/mol. The van der Waals surface area contributed by atoms with E-state index in [0.29, 0.717) is 16.6 Å². The highest BCUT2D eigenvalue weighted by atomic mass is 79.9. The first kappa shape index (κ1) is 12.9. The lowest BCUT2D eigenvalue weighted by Crippen LogP contribution is -2.02. The fourth-order valence-corrected chi connectivity index (χ4v) is 2.29. The number of ketones is 1. The summed E-state index contributed by atoms with van der Waals surface area (Å²) in [5.74, 6) is -2.42. The summed E-state index contributed by atoms with van der Waals surface area (Å²) in [6.45, 7) is 0. The molecular weight excluding hydrogens is 330 g/mol. The van der Waals surface area contributed by atoms with E-state index >= 15 is 0 Å². The Kier molecular flexibility index (Phi) is 3.10. The molecule has 0 aliphatic heterocycles. The van der Waals surface area contributed by atoms with E-state index in [2.05, 4.69) is 25.9 Å². The first-order valence-corrected chi connectivity index (χ1v) is 6.48. The van der Waals surface area contributed by atoms with Gasteiger partial charge in [0.2, 0.25) is 0 Å². The number of carbonyl (C=O) groups excluding carboxylic acids is 1. The Balaban J connectivity index is 2.12. The van der Waals surface area contributed by atoms with Crippen LogP contribution in [0.5, 0.6) is 0 Å². The van der Waals surface area contributed by atoms with Crippen molar-refractivity contribution >= 4 is 32.7 Å². The highest BCUT2D eigenvalue weighted by Gasteiger charge is 2.16. The first-order chi connectivity index (χ1) is 9.56. The van der Waals surface area contributed by atoms with E-state index < -0.39 is 17.4 Å². The predicted octanol–water partition coefficient (Wildman–Crippen LogP) is 3.83. The fourth-order valence-electron chi connectivity index (χ4n) is 1.96. The van der Waals surface area contributed by atoms with Crippen LogP contribution in [0, 0.1) is 11.6 Å². The largest absolute Gasteiger partial charge is 0.345 e. The van der Waals surface area contributed by atoms with Gasteiger partial charge in [-0.15, -0.1) is 0 Å². The van der Waals surface area contributed by atoms with Crippen molar-refractivity contribution in [1.29, 1.82) is 0 Å². The van der Waals surface area contributed by atoms with E-state index in [1.54, 1.807) is 12.3 Å². The Labute approximate surface area is 120 Å². The van der Waals surface area contributed by atoms with Crippen molar-refractivity contribution in [3.05, 3.63) is 63.9 Å². The van der Waals surface area contributed by atoms with Crippen molar-refractivity contribution in [2.45, 2.75) is 0 Å². The van der Waals surface area contributed by atoms with E-state index in [9.17, 15) is 13.6 Å². The lowest BCUT2D eigenvalue weighted by Gasteiger charge is -2.01. The molecule has 0 saturated heterocycles. The smallest absolute Gasteiger partial charge is 0.195 e. The number of H-pyrrole nitrogens is 1. The maximum atomic E-state index is 13.2. The third kappa shape index (κ3) is 2.12. The zero-order valence-corrected chi connectivity index (χ0v) is 11.5. The molecule has 20 heavy (non-hydrogen) atoms. The van der Waals surface area contributed by atoms with Crippen molar-refractivity contribution in [1.82, 2.24) is 9.97 Å². The second-order valence-corrected chi connectivity index (χ2v) is 5.13. The second-order valence-electron chi connectivity index (χ2n) is 4.21. The van der Waals surface area contributed by atoms with Gasteiger partial charge in [0.05, 0.1) is 0 Å². The van der Waals surface area contributed by atoms with Gasteiger partial charge in [0.25, 0.3) is 0 Å². The summed E-state index contributed by atoms with van der Waals surface area (Å²) in [6, 6.07) is 4.82.